The summed E-state index contributed by atoms with van der Waals surface area (Å²) in [4.78, 5) is 0. The number of ether oxygens (including phenoxy) is 1. The molecule has 20 heavy (non-hydrogen) atoms. The van der Waals surface area contributed by atoms with E-state index in [0.29, 0.717) is 11.4 Å². The summed E-state index contributed by atoms with van der Waals surface area (Å²) < 4.78 is 5.50. The standard InChI is InChI=1S/C17H17ClO2/c18-15-4-2-1-3-14(15)16(19)7-5-12-6-8-17-13(11-12)9-10-20-17/h1-4,6,8,11,16,19H,5,7,9-10H2. The van der Waals surface area contributed by atoms with Gasteiger partial charge in [0, 0.05) is 11.4 Å². The Morgan fingerprint density at radius 3 is 2.90 bits per heavy atom. The maximum Gasteiger partial charge on any atom is 0.122 e. The first-order valence-electron chi connectivity index (χ1n) is 6.91. The first kappa shape index (κ1) is 13.5. The largest absolute Gasteiger partial charge is 0.493 e. The maximum atomic E-state index is 10.2. The molecule has 0 saturated carbocycles. The predicted molar refractivity (Wildman–Crippen MR) is 80.4 cm³/mol. The number of benzene rings is 2. The Kier molecular flexibility index (Phi) is 3.95. The number of hydrogen-bond acceptors (Lipinski definition) is 2. The van der Waals surface area contributed by atoms with E-state index in [-0.39, 0.29) is 0 Å². The smallest absolute Gasteiger partial charge is 0.122 e. The minimum atomic E-state index is -0.520. The van der Waals surface area contributed by atoms with Gasteiger partial charge in [-0.3, -0.25) is 0 Å². The van der Waals surface area contributed by atoms with Gasteiger partial charge in [0.1, 0.15) is 5.75 Å². The third-order valence-electron chi connectivity index (χ3n) is 3.72. The molecule has 2 nitrogen and oxygen atoms in total. The number of aliphatic hydroxyl groups is 1. The summed E-state index contributed by atoms with van der Waals surface area (Å²) >= 11 is 6.10. The molecule has 3 heteroatoms. The van der Waals surface area contributed by atoms with Gasteiger partial charge in [0.05, 0.1) is 12.7 Å². The van der Waals surface area contributed by atoms with Gasteiger partial charge < -0.3 is 9.84 Å². The number of aliphatic hydroxyl groups excluding tert-OH is 1. The summed E-state index contributed by atoms with van der Waals surface area (Å²) in [5.41, 5.74) is 3.31. The van der Waals surface area contributed by atoms with E-state index in [4.69, 9.17) is 16.3 Å². The van der Waals surface area contributed by atoms with Crippen molar-refractivity contribution in [1.82, 2.24) is 0 Å². The molecule has 2 aromatic carbocycles. The van der Waals surface area contributed by atoms with Crippen LogP contribution in [0.25, 0.3) is 0 Å². The molecule has 0 aromatic heterocycles. The molecule has 0 amide bonds. The predicted octanol–water partition coefficient (Wildman–Crippen LogP) is 3.94. The number of rotatable bonds is 4. The van der Waals surface area contributed by atoms with Crippen molar-refractivity contribution in [3.05, 3.63) is 64.2 Å². The molecule has 0 bridgehead atoms. The van der Waals surface area contributed by atoms with Gasteiger partial charge >= 0.3 is 0 Å². The Balaban J connectivity index is 1.66. The summed E-state index contributed by atoms with van der Waals surface area (Å²) in [5, 5.41) is 10.9. The van der Waals surface area contributed by atoms with Crippen molar-refractivity contribution in [2.75, 3.05) is 6.61 Å². The van der Waals surface area contributed by atoms with Crippen LogP contribution >= 0.6 is 11.6 Å². The van der Waals surface area contributed by atoms with E-state index < -0.39 is 6.10 Å². The molecule has 0 radical (unpaired) electrons. The summed E-state index contributed by atoms with van der Waals surface area (Å²) in [6, 6.07) is 13.7. The molecule has 1 unspecified atom stereocenters. The van der Waals surface area contributed by atoms with Crippen molar-refractivity contribution >= 4 is 11.6 Å². The van der Waals surface area contributed by atoms with Gasteiger partial charge in [0.15, 0.2) is 0 Å². The van der Waals surface area contributed by atoms with Gasteiger partial charge in [-0.1, -0.05) is 41.9 Å². The molecule has 0 spiro atoms. The van der Waals surface area contributed by atoms with E-state index in [0.717, 1.165) is 30.8 Å². The zero-order valence-corrected chi connectivity index (χ0v) is 11.9. The van der Waals surface area contributed by atoms with Crippen LogP contribution in [0.3, 0.4) is 0 Å². The normalized spacial score (nSPS) is 14.7. The van der Waals surface area contributed by atoms with Gasteiger partial charge in [-0.25, -0.2) is 0 Å². The van der Waals surface area contributed by atoms with Crippen LogP contribution in [0, 0.1) is 0 Å². The summed E-state index contributed by atoms with van der Waals surface area (Å²) in [6.45, 7) is 0.779. The SMILES string of the molecule is OC(CCc1ccc2c(c1)CCO2)c1ccccc1Cl. The number of fused-ring (bicyclic) bond motifs is 1. The Morgan fingerprint density at radius 1 is 1.20 bits per heavy atom. The molecule has 0 fully saturated rings. The fraction of sp³-hybridized carbons (Fsp3) is 0.294. The van der Waals surface area contributed by atoms with Gasteiger partial charge in [0.2, 0.25) is 0 Å². The van der Waals surface area contributed by atoms with Crippen LogP contribution in [0.15, 0.2) is 42.5 Å². The van der Waals surface area contributed by atoms with E-state index in [1.165, 1.54) is 11.1 Å². The Labute approximate surface area is 124 Å². The van der Waals surface area contributed by atoms with Crippen molar-refractivity contribution in [3.8, 4) is 5.75 Å². The Morgan fingerprint density at radius 2 is 2.05 bits per heavy atom. The van der Waals surface area contributed by atoms with E-state index in [2.05, 4.69) is 12.1 Å². The molecule has 1 atom stereocenters. The van der Waals surface area contributed by atoms with Crippen molar-refractivity contribution in [3.63, 3.8) is 0 Å². The highest BCUT2D eigenvalue weighted by atomic mass is 35.5. The molecule has 3 rings (SSSR count). The highest BCUT2D eigenvalue weighted by Crippen LogP contribution is 2.29. The Hall–Kier alpha value is -1.51. The van der Waals surface area contributed by atoms with Gasteiger partial charge in [-0.15, -0.1) is 0 Å². The van der Waals surface area contributed by atoms with Crippen LogP contribution in [-0.2, 0) is 12.8 Å². The monoisotopic (exact) mass is 288 g/mol. The average molecular weight is 289 g/mol. The fourth-order valence-corrected chi connectivity index (χ4v) is 2.86. The van der Waals surface area contributed by atoms with Crippen molar-refractivity contribution in [2.45, 2.75) is 25.4 Å². The second kappa shape index (κ2) is 5.86. The van der Waals surface area contributed by atoms with Crippen molar-refractivity contribution in [2.24, 2.45) is 0 Å². The lowest BCUT2D eigenvalue weighted by Gasteiger charge is -2.13. The molecular formula is C17H17ClO2. The van der Waals surface area contributed by atoms with E-state index in [9.17, 15) is 5.11 Å². The number of halogens is 1. The van der Waals surface area contributed by atoms with Gasteiger partial charge in [0.25, 0.3) is 0 Å². The summed E-state index contributed by atoms with van der Waals surface area (Å²) in [5.74, 6) is 1.00. The number of aryl methyl sites for hydroxylation is 1. The summed E-state index contributed by atoms with van der Waals surface area (Å²) in [7, 11) is 0. The zero-order valence-electron chi connectivity index (χ0n) is 11.2. The second-order valence-electron chi connectivity index (χ2n) is 5.12. The molecule has 1 N–H and O–H groups in total. The van der Waals surface area contributed by atoms with Gasteiger partial charge in [-0.05, 0) is 41.7 Å². The first-order valence-corrected chi connectivity index (χ1v) is 7.29. The van der Waals surface area contributed by atoms with Crippen LogP contribution < -0.4 is 4.74 Å². The lowest BCUT2D eigenvalue weighted by atomic mass is 9.99. The van der Waals surface area contributed by atoms with Crippen LogP contribution in [0.4, 0.5) is 0 Å². The van der Waals surface area contributed by atoms with E-state index in [1.807, 2.05) is 30.3 Å². The fourth-order valence-electron chi connectivity index (χ4n) is 2.60. The first-order chi connectivity index (χ1) is 9.74. The molecule has 1 aliphatic rings. The Bertz CT molecular complexity index is 610. The molecule has 1 aliphatic heterocycles. The number of hydrogen-bond donors (Lipinski definition) is 1. The lowest BCUT2D eigenvalue weighted by molar-refractivity contribution is 0.168. The quantitative estimate of drug-likeness (QED) is 0.923. The minimum Gasteiger partial charge on any atom is -0.493 e. The highest BCUT2D eigenvalue weighted by Gasteiger charge is 2.14. The molecule has 104 valence electrons. The highest BCUT2D eigenvalue weighted by molar-refractivity contribution is 6.31. The van der Waals surface area contributed by atoms with E-state index >= 15 is 0 Å². The van der Waals surface area contributed by atoms with Crippen LogP contribution in [0.5, 0.6) is 5.75 Å². The molecule has 2 aromatic rings. The topological polar surface area (TPSA) is 29.5 Å². The van der Waals surface area contributed by atoms with Crippen molar-refractivity contribution < 1.29 is 9.84 Å². The molecule has 0 aliphatic carbocycles. The second-order valence-corrected chi connectivity index (χ2v) is 5.52. The summed E-state index contributed by atoms with van der Waals surface area (Å²) in [6.07, 6.45) is 1.97. The third-order valence-corrected chi connectivity index (χ3v) is 4.07. The molecule has 1 heterocycles. The van der Waals surface area contributed by atoms with Crippen LogP contribution in [0.1, 0.15) is 29.2 Å². The van der Waals surface area contributed by atoms with Gasteiger partial charge in [-0.2, -0.15) is 0 Å². The average Bonchev–Trinajstić information content (AvgIpc) is 2.92. The van der Waals surface area contributed by atoms with Crippen LogP contribution in [0.2, 0.25) is 5.02 Å². The molecule has 0 saturated heterocycles. The third kappa shape index (κ3) is 2.82. The zero-order chi connectivity index (χ0) is 13.9. The van der Waals surface area contributed by atoms with Crippen molar-refractivity contribution in [1.29, 1.82) is 0 Å². The molecular weight excluding hydrogens is 272 g/mol. The van der Waals surface area contributed by atoms with E-state index in [1.54, 1.807) is 0 Å². The minimum absolute atomic E-state index is 0.520. The lowest BCUT2D eigenvalue weighted by Crippen LogP contribution is -2.00. The van der Waals surface area contributed by atoms with Crippen LogP contribution in [-0.4, -0.2) is 11.7 Å². The maximum absolute atomic E-state index is 10.2.